The number of amides is 1. The smallest absolute Gasteiger partial charge is 0.306 e. The summed E-state index contributed by atoms with van der Waals surface area (Å²) in [7, 11) is 0. The highest BCUT2D eigenvalue weighted by Crippen LogP contribution is 2.18. The van der Waals surface area contributed by atoms with E-state index < -0.39 is 18.2 Å². The normalized spacial score (nSPS) is 13.5. The molecule has 64 heavy (non-hydrogen) atoms. The lowest BCUT2D eigenvalue weighted by molar-refractivity contribution is -0.151. The molecule has 0 aromatic carbocycles. The van der Waals surface area contributed by atoms with Crippen LogP contribution in [0.3, 0.4) is 0 Å². The van der Waals surface area contributed by atoms with Gasteiger partial charge in [0.25, 0.3) is 0 Å². The molecule has 1 amide bonds. The molecule has 0 aromatic heterocycles. The molecule has 0 aliphatic rings. The summed E-state index contributed by atoms with van der Waals surface area (Å²) >= 11 is 0. The van der Waals surface area contributed by atoms with E-state index in [0.29, 0.717) is 19.3 Å². The number of hydrogen-bond acceptors (Lipinski definition) is 5. The summed E-state index contributed by atoms with van der Waals surface area (Å²) in [5.41, 5.74) is 0. The van der Waals surface area contributed by atoms with Gasteiger partial charge in [-0.3, -0.25) is 9.59 Å². The third-order valence-corrected chi connectivity index (χ3v) is 12.6. The fourth-order valence-corrected chi connectivity index (χ4v) is 8.44. The average molecular weight is 898 g/mol. The monoisotopic (exact) mass is 898 g/mol. The Morgan fingerprint density at radius 3 is 1.30 bits per heavy atom. The molecule has 374 valence electrons. The van der Waals surface area contributed by atoms with E-state index in [0.717, 1.165) is 89.9 Å². The third kappa shape index (κ3) is 46.4. The first kappa shape index (κ1) is 61.8. The van der Waals surface area contributed by atoms with E-state index in [9.17, 15) is 19.8 Å². The Kier molecular flexibility index (Phi) is 50.0. The van der Waals surface area contributed by atoms with Gasteiger partial charge >= 0.3 is 5.97 Å². The van der Waals surface area contributed by atoms with Crippen molar-refractivity contribution < 1.29 is 24.5 Å². The summed E-state index contributed by atoms with van der Waals surface area (Å²) in [6, 6.07) is -0.708. The number of nitrogens with one attached hydrogen (secondary N) is 1. The van der Waals surface area contributed by atoms with E-state index in [2.05, 4.69) is 74.7 Å². The third-order valence-electron chi connectivity index (χ3n) is 12.6. The van der Waals surface area contributed by atoms with Crippen molar-refractivity contribution in [2.75, 3.05) is 6.61 Å². The fourth-order valence-electron chi connectivity index (χ4n) is 8.44. The summed E-state index contributed by atoms with van der Waals surface area (Å²) in [4.78, 5) is 26.2. The van der Waals surface area contributed by atoms with E-state index >= 15 is 0 Å². The van der Waals surface area contributed by atoms with Crippen molar-refractivity contribution in [2.24, 2.45) is 0 Å². The van der Waals surface area contributed by atoms with Gasteiger partial charge in [0.2, 0.25) is 5.91 Å². The van der Waals surface area contributed by atoms with Crippen molar-refractivity contribution in [3.8, 4) is 0 Å². The maximum absolute atomic E-state index is 13.2. The first-order valence-electron chi connectivity index (χ1n) is 27.9. The molecule has 6 heteroatoms. The van der Waals surface area contributed by atoms with Gasteiger partial charge in [-0.1, -0.05) is 236 Å². The molecule has 6 nitrogen and oxygen atoms in total. The largest absolute Gasteiger partial charge is 0.462 e. The van der Waals surface area contributed by atoms with Gasteiger partial charge < -0.3 is 20.3 Å². The molecule has 0 saturated heterocycles. The van der Waals surface area contributed by atoms with E-state index in [1.165, 1.54) is 148 Å². The Labute approximate surface area is 397 Å². The van der Waals surface area contributed by atoms with Gasteiger partial charge in [0.05, 0.1) is 25.2 Å². The molecule has 0 radical (unpaired) electrons. The lowest BCUT2D eigenvalue weighted by atomic mass is 10.0. The van der Waals surface area contributed by atoms with Crippen molar-refractivity contribution in [3.05, 3.63) is 48.6 Å². The summed E-state index contributed by atoms with van der Waals surface area (Å²) in [6.07, 6.45) is 63.1. The molecule has 0 heterocycles. The molecule has 3 atom stereocenters. The minimum atomic E-state index is -0.793. The van der Waals surface area contributed by atoms with Crippen molar-refractivity contribution in [1.29, 1.82) is 0 Å². The van der Waals surface area contributed by atoms with E-state index in [-0.39, 0.29) is 24.9 Å². The number of rotatable bonds is 50. The molecular formula is C58H107NO5. The van der Waals surface area contributed by atoms with Crippen LogP contribution in [-0.4, -0.2) is 46.9 Å². The minimum absolute atomic E-state index is 0.0660. The van der Waals surface area contributed by atoms with Crippen molar-refractivity contribution in [3.63, 3.8) is 0 Å². The van der Waals surface area contributed by atoms with Crippen LogP contribution in [0.15, 0.2) is 48.6 Å². The lowest BCUT2D eigenvalue weighted by Gasteiger charge is -2.24. The first-order valence-corrected chi connectivity index (χ1v) is 27.9. The second kappa shape index (κ2) is 51.8. The summed E-state index contributed by atoms with van der Waals surface area (Å²) in [5.74, 6) is -0.488. The maximum Gasteiger partial charge on any atom is 0.306 e. The van der Waals surface area contributed by atoms with Crippen LogP contribution >= 0.6 is 0 Å². The predicted octanol–water partition coefficient (Wildman–Crippen LogP) is 17.0. The Balaban J connectivity index is 4.56. The number of aliphatic hydroxyl groups is 2. The second-order valence-electron chi connectivity index (χ2n) is 19.0. The standard InChI is InChI=1S/C58H107NO5/c1-4-7-10-13-16-19-22-25-28-30-32-35-38-41-44-47-50-56(61)55(53-60)59-57(62)52-54(49-46-43-40-37-34-31-29-26-23-20-17-14-11-8-5-2)64-58(63)51-48-45-42-39-36-33-27-24-21-18-15-12-9-6-3/h9,12,17-18,20-21,26,29,54-56,60-61H,4-8,10-11,13-16,19,22-25,27-28,30-53H2,1-3H3,(H,59,62)/b12-9+,20-17-,21-18+,29-26-. The Morgan fingerprint density at radius 2 is 0.844 bits per heavy atom. The molecule has 0 aromatic rings. The van der Waals surface area contributed by atoms with Gasteiger partial charge in [0.1, 0.15) is 6.10 Å². The van der Waals surface area contributed by atoms with Gasteiger partial charge in [-0.25, -0.2) is 0 Å². The Hall–Kier alpha value is -2.18. The first-order chi connectivity index (χ1) is 31.5. The summed E-state index contributed by atoms with van der Waals surface area (Å²) in [5, 5.41) is 23.9. The number of aliphatic hydroxyl groups excluding tert-OH is 2. The molecule has 0 saturated carbocycles. The molecule has 3 N–H and O–H groups in total. The number of hydrogen-bond donors (Lipinski definition) is 3. The fraction of sp³-hybridized carbons (Fsp3) is 0.828. The molecule has 0 aliphatic carbocycles. The zero-order chi connectivity index (χ0) is 46.7. The van der Waals surface area contributed by atoms with Crippen LogP contribution in [0.25, 0.3) is 0 Å². The minimum Gasteiger partial charge on any atom is -0.462 e. The topological polar surface area (TPSA) is 95.9 Å². The van der Waals surface area contributed by atoms with Crippen LogP contribution in [0, 0.1) is 0 Å². The van der Waals surface area contributed by atoms with Crippen molar-refractivity contribution >= 4 is 11.9 Å². The maximum atomic E-state index is 13.2. The zero-order valence-electron chi connectivity index (χ0n) is 42.7. The summed E-state index contributed by atoms with van der Waals surface area (Å²) < 4.78 is 5.94. The number of carbonyl (C=O) groups is 2. The molecule has 0 fully saturated rings. The van der Waals surface area contributed by atoms with Gasteiger partial charge in [-0.15, -0.1) is 0 Å². The van der Waals surface area contributed by atoms with Crippen LogP contribution in [0.5, 0.6) is 0 Å². The summed E-state index contributed by atoms with van der Waals surface area (Å²) in [6.45, 7) is 6.37. The number of ether oxygens (including phenoxy) is 1. The van der Waals surface area contributed by atoms with Crippen LogP contribution in [-0.2, 0) is 14.3 Å². The molecule has 0 aliphatic heterocycles. The Morgan fingerprint density at radius 1 is 0.469 bits per heavy atom. The SMILES string of the molecule is CC/C=C/C/C=C/CCCCCCCCCC(=O)OC(CCCCCCC/C=C\C/C=C\CCCCC)CC(=O)NC(CO)C(O)CCCCCCCCCCCCCCCCCC. The highest BCUT2D eigenvalue weighted by Gasteiger charge is 2.24. The van der Waals surface area contributed by atoms with Crippen LogP contribution in [0.1, 0.15) is 284 Å². The molecule has 0 spiro atoms. The number of allylic oxidation sites excluding steroid dienone is 8. The quantitative estimate of drug-likeness (QED) is 0.0321. The van der Waals surface area contributed by atoms with Gasteiger partial charge in [0.15, 0.2) is 0 Å². The average Bonchev–Trinajstić information content (AvgIpc) is 3.29. The predicted molar refractivity (Wildman–Crippen MR) is 278 cm³/mol. The van der Waals surface area contributed by atoms with Gasteiger partial charge in [0, 0.05) is 6.42 Å². The van der Waals surface area contributed by atoms with E-state index in [4.69, 9.17) is 4.74 Å². The lowest BCUT2D eigenvalue weighted by Crippen LogP contribution is -2.46. The van der Waals surface area contributed by atoms with Crippen LogP contribution < -0.4 is 5.32 Å². The number of esters is 1. The van der Waals surface area contributed by atoms with E-state index in [1.807, 2.05) is 0 Å². The molecule has 0 rings (SSSR count). The van der Waals surface area contributed by atoms with Crippen LogP contribution in [0.4, 0.5) is 0 Å². The van der Waals surface area contributed by atoms with Gasteiger partial charge in [-0.05, 0) is 83.5 Å². The zero-order valence-corrected chi connectivity index (χ0v) is 42.7. The second-order valence-corrected chi connectivity index (χ2v) is 19.0. The number of carbonyl (C=O) groups excluding carboxylic acids is 2. The molecular weight excluding hydrogens is 791 g/mol. The highest BCUT2D eigenvalue weighted by atomic mass is 16.5. The molecule has 0 bridgehead atoms. The number of unbranched alkanes of at least 4 members (excludes halogenated alkanes) is 30. The highest BCUT2D eigenvalue weighted by molar-refractivity contribution is 5.77. The van der Waals surface area contributed by atoms with Crippen molar-refractivity contribution in [1.82, 2.24) is 5.32 Å². The van der Waals surface area contributed by atoms with E-state index in [1.54, 1.807) is 0 Å². The van der Waals surface area contributed by atoms with Crippen LogP contribution in [0.2, 0.25) is 0 Å². The molecule has 3 unspecified atom stereocenters. The Bertz CT molecular complexity index is 1100. The van der Waals surface area contributed by atoms with Crippen molar-refractivity contribution in [2.45, 2.75) is 302 Å². The van der Waals surface area contributed by atoms with Gasteiger partial charge in [-0.2, -0.15) is 0 Å².